The molecule has 0 saturated carbocycles. The maximum atomic E-state index is 11.9. The molecule has 0 aliphatic rings. The SMILES string of the molecule is CCc1c(C#N)c(Sc2ccc(N(C)S(C)(=O)=O)cc2)nc(N(C)CCNC(=O)CCC(=O)NO)c1C#N. The Bertz CT molecular complexity index is 1370. The summed E-state index contributed by atoms with van der Waals surface area (Å²) in [7, 11) is -0.243. The number of likely N-dealkylation sites (N-methyl/N-ethyl adjacent to an activating group) is 1. The fraction of sp³-hybridized carbons (Fsp3) is 0.375. The number of nitrogens with zero attached hydrogens (tertiary/aromatic N) is 5. The van der Waals surface area contributed by atoms with E-state index in [9.17, 15) is 28.5 Å². The third kappa shape index (κ3) is 7.82. The van der Waals surface area contributed by atoms with E-state index in [4.69, 9.17) is 5.21 Å². The third-order valence-corrected chi connectivity index (χ3v) is 7.78. The zero-order valence-corrected chi connectivity index (χ0v) is 23.1. The lowest BCUT2D eigenvalue weighted by Gasteiger charge is -2.22. The second kappa shape index (κ2) is 13.6. The first-order chi connectivity index (χ1) is 18.0. The van der Waals surface area contributed by atoms with Gasteiger partial charge in [0.1, 0.15) is 23.0 Å². The number of hydroxylamine groups is 1. The number of sulfonamides is 1. The quantitative estimate of drug-likeness (QED) is 0.256. The third-order valence-electron chi connectivity index (χ3n) is 5.57. The highest BCUT2D eigenvalue weighted by atomic mass is 32.2. The van der Waals surface area contributed by atoms with Crippen LogP contribution >= 0.6 is 11.8 Å². The Morgan fingerprint density at radius 1 is 1.08 bits per heavy atom. The van der Waals surface area contributed by atoms with Crippen molar-refractivity contribution in [2.75, 3.05) is 42.6 Å². The number of pyridine rings is 1. The van der Waals surface area contributed by atoms with E-state index in [2.05, 4.69) is 22.4 Å². The molecule has 0 spiro atoms. The monoisotopic (exact) mass is 559 g/mol. The van der Waals surface area contributed by atoms with Gasteiger partial charge in [-0.05, 0) is 36.2 Å². The van der Waals surface area contributed by atoms with E-state index in [0.717, 1.165) is 15.5 Å². The molecule has 1 aromatic carbocycles. The number of amides is 2. The average Bonchev–Trinajstić information content (AvgIpc) is 2.90. The van der Waals surface area contributed by atoms with Gasteiger partial charge in [0, 0.05) is 44.9 Å². The van der Waals surface area contributed by atoms with Crippen LogP contribution in [0.3, 0.4) is 0 Å². The molecule has 2 rings (SSSR count). The van der Waals surface area contributed by atoms with Crippen molar-refractivity contribution in [1.29, 1.82) is 10.5 Å². The van der Waals surface area contributed by atoms with Gasteiger partial charge < -0.3 is 10.2 Å². The molecule has 0 saturated heterocycles. The van der Waals surface area contributed by atoms with Gasteiger partial charge in [0.2, 0.25) is 21.8 Å². The first-order valence-corrected chi connectivity index (χ1v) is 14.1. The normalized spacial score (nSPS) is 10.7. The number of carbonyl (C=O) groups is 2. The Balaban J connectivity index is 2.30. The van der Waals surface area contributed by atoms with Crippen LogP contribution in [0.15, 0.2) is 34.2 Å². The summed E-state index contributed by atoms with van der Waals surface area (Å²) in [4.78, 5) is 30.1. The van der Waals surface area contributed by atoms with E-state index in [1.807, 2.05) is 6.92 Å². The summed E-state index contributed by atoms with van der Waals surface area (Å²) >= 11 is 1.22. The van der Waals surface area contributed by atoms with Gasteiger partial charge in [-0.3, -0.25) is 19.1 Å². The average molecular weight is 560 g/mol. The van der Waals surface area contributed by atoms with E-state index in [-0.39, 0.29) is 30.9 Å². The molecular formula is C24H29N7O5S2. The largest absolute Gasteiger partial charge is 0.357 e. The molecule has 0 unspecified atom stereocenters. The summed E-state index contributed by atoms with van der Waals surface area (Å²) in [5.41, 5.74) is 3.07. The number of nitriles is 2. The van der Waals surface area contributed by atoms with Gasteiger partial charge in [0.05, 0.1) is 23.1 Å². The van der Waals surface area contributed by atoms with E-state index >= 15 is 0 Å². The number of carbonyl (C=O) groups excluding carboxylic acids is 2. The summed E-state index contributed by atoms with van der Waals surface area (Å²) in [6.45, 7) is 2.35. The van der Waals surface area contributed by atoms with Crippen LogP contribution in [0.1, 0.15) is 36.5 Å². The summed E-state index contributed by atoms with van der Waals surface area (Å²) in [5.74, 6) is -0.675. The van der Waals surface area contributed by atoms with Crippen LogP contribution in [0.4, 0.5) is 11.5 Å². The number of hydrogen-bond donors (Lipinski definition) is 3. The summed E-state index contributed by atoms with van der Waals surface area (Å²) in [6.07, 6.45) is 1.29. The summed E-state index contributed by atoms with van der Waals surface area (Å²) in [6, 6.07) is 11.1. The Hall–Kier alpha value is -3.85. The van der Waals surface area contributed by atoms with Crippen LogP contribution in [0.25, 0.3) is 0 Å². The van der Waals surface area contributed by atoms with Crippen molar-refractivity contribution >= 4 is 45.1 Å². The maximum absolute atomic E-state index is 11.9. The van der Waals surface area contributed by atoms with Gasteiger partial charge >= 0.3 is 0 Å². The number of benzene rings is 1. The minimum atomic E-state index is -3.41. The predicted molar refractivity (Wildman–Crippen MR) is 142 cm³/mol. The van der Waals surface area contributed by atoms with Gasteiger partial charge in [-0.2, -0.15) is 10.5 Å². The Morgan fingerprint density at radius 3 is 2.21 bits per heavy atom. The topological polar surface area (TPSA) is 180 Å². The lowest BCUT2D eigenvalue weighted by atomic mass is 10.0. The highest BCUT2D eigenvalue weighted by molar-refractivity contribution is 7.99. The zero-order chi connectivity index (χ0) is 28.5. The highest BCUT2D eigenvalue weighted by Crippen LogP contribution is 2.36. The molecule has 0 aliphatic carbocycles. The molecule has 14 heteroatoms. The molecule has 0 aliphatic heterocycles. The molecule has 12 nitrogen and oxygen atoms in total. The lowest BCUT2D eigenvalue weighted by molar-refractivity contribution is -0.131. The lowest BCUT2D eigenvalue weighted by Crippen LogP contribution is -2.34. The summed E-state index contributed by atoms with van der Waals surface area (Å²) < 4.78 is 24.8. The van der Waals surface area contributed by atoms with Crippen LogP contribution in [-0.4, -0.2) is 63.9 Å². The maximum Gasteiger partial charge on any atom is 0.243 e. The molecule has 2 aromatic rings. The van der Waals surface area contributed by atoms with Crippen molar-refractivity contribution in [3.05, 3.63) is 41.0 Å². The fourth-order valence-electron chi connectivity index (χ4n) is 3.40. The van der Waals surface area contributed by atoms with Crippen LogP contribution < -0.4 is 20.0 Å². The molecule has 0 atom stereocenters. The van der Waals surface area contributed by atoms with Crippen LogP contribution in [0.2, 0.25) is 0 Å². The first kappa shape index (κ1) is 30.4. The van der Waals surface area contributed by atoms with Crippen molar-refractivity contribution in [2.45, 2.75) is 36.1 Å². The van der Waals surface area contributed by atoms with Gasteiger partial charge in [-0.1, -0.05) is 18.7 Å². The van der Waals surface area contributed by atoms with E-state index in [1.165, 1.54) is 24.3 Å². The highest BCUT2D eigenvalue weighted by Gasteiger charge is 2.22. The number of anilines is 2. The van der Waals surface area contributed by atoms with Gasteiger partial charge in [-0.15, -0.1) is 0 Å². The van der Waals surface area contributed by atoms with Crippen molar-refractivity contribution in [2.24, 2.45) is 0 Å². The molecule has 0 fully saturated rings. The number of rotatable bonds is 12. The van der Waals surface area contributed by atoms with Gasteiger partial charge in [0.15, 0.2) is 0 Å². The number of aromatic nitrogens is 1. The molecule has 0 bridgehead atoms. The molecule has 38 heavy (non-hydrogen) atoms. The van der Waals surface area contributed by atoms with E-state index < -0.39 is 15.9 Å². The molecular weight excluding hydrogens is 530 g/mol. The number of hydrogen-bond acceptors (Lipinski definition) is 10. The Labute approximate surface area is 226 Å². The molecule has 2 amide bonds. The summed E-state index contributed by atoms with van der Waals surface area (Å²) in [5, 5.41) is 31.3. The van der Waals surface area contributed by atoms with Gasteiger partial charge in [0.25, 0.3) is 0 Å². The van der Waals surface area contributed by atoms with Crippen molar-refractivity contribution in [3.8, 4) is 12.1 Å². The number of nitrogens with one attached hydrogen (secondary N) is 2. The van der Waals surface area contributed by atoms with Crippen molar-refractivity contribution in [3.63, 3.8) is 0 Å². The Kier molecular flexibility index (Phi) is 10.9. The zero-order valence-electron chi connectivity index (χ0n) is 21.5. The molecule has 1 aromatic heterocycles. The molecule has 0 radical (unpaired) electrons. The van der Waals surface area contributed by atoms with E-state index in [1.54, 1.807) is 36.2 Å². The molecule has 202 valence electrons. The predicted octanol–water partition coefficient (Wildman–Crippen LogP) is 1.77. The first-order valence-electron chi connectivity index (χ1n) is 11.5. The smallest absolute Gasteiger partial charge is 0.243 e. The van der Waals surface area contributed by atoms with Gasteiger partial charge in [-0.25, -0.2) is 18.9 Å². The second-order valence-corrected chi connectivity index (χ2v) is 11.3. The van der Waals surface area contributed by atoms with Crippen LogP contribution in [0, 0.1) is 22.7 Å². The minimum absolute atomic E-state index is 0.0891. The van der Waals surface area contributed by atoms with Crippen LogP contribution in [-0.2, 0) is 26.0 Å². The minimum Gasteiger partial charge on any atom is -0.357 e. The van der Waals surface area contributed by atoms with E-state index in [0.29, 0.717) is 40.6 Å². The molecule has 3 N–H and O–H groups in total. The van der Waals surface area contributed by atoms with Crippen LogP contribution in [0.5, 0.6) is 0 Å². The Morgan fingerprint density at radius 2 is 1.68 bits per heavy atom. The fourth-order valence-corrected chi connectivity index (χ4v) is 4.80. The molecule has 1 heterocycles. The standard InChI is InChI=1S/C24H29N7O5S2/c1-5-18-19(14-25)23(30(2)13-12-27-21(32)10-11-22(33)29-34)28-24(20(18)15-26)37-17-8-6-16(7-9-17)31(3)38(4,35)36/h6-9,34H,5,10-13H2,1-4H3,(H,27,32)(H,29,33). The van der Waals surface area contributed by atoms with Crippen molar-refractivity contribution in [1.82, 2.24) is 15.8 Å². The second-order valence-electron chi connectivity index (χ2n) is 8.18. The van der Waals surface area contributed by atoms with Crippen molar-refractivity contribution < 1.29 is 23.2 Å².